The Labute approximate surface area is 138 Å². The Kier molecular flexibility index (Phi) is 4.69. The lowest BCUT2D eigenvalue weighted by molar-refractivity contribution is 0.0920. The van der Waals surface area contributed by atoms with Crippen LogP contribution in [0.15, 0.2) is 29.0 Å². The number of nitrogens with one attached hydrogen (secondary N) is 2. The fourth-order valence-corrected chi connectivity index (χ4v) is 3.36. The Balaban J connectivity index is 1.71. The second-order valence-electron chi connectivity index (χ2n) is 5.70. The van der Waals surface area contributed by atoms with E-state index in [0.29, 0.717) is 11.7 Å². The summed E-state index contributed by atoms with van der Waals surface area (Å²) in [6, 6.07) is 4.46. The standard InChI is InChI=1S/C16H19BrN4O/c1-18-11-3-5-12(6-4-11)20-16(22)14-7-2-10-8-19-9-13(17)15(10)21-14/h2,7-9,11-12,18H,3-6H2,1H3,(H,20,22). The van der Waals surface area contributed by atoms with Crippen molar-refractivity contribution in [2.24, 2.45) is 0 Å². The molecule has 0 atom stereocenters. The Morgan fingerprint density at radius 1 is 1.18 bits per heavy atom. The number of halogens is 1. The molecule has 5 nitrogen and oxygen atoms in total. The maximum atomic E-state index is 12.4. The van der Waals surface area contributed by atoms with Crippen molar-refractivity contribution in [1.29, 1.82) is 0 Å². The van der Waals surface area contributed by atoms with Gasteiger partial charge in [-0.15, -0.1) is 0 Å². The van der Waals surface area contributed by atoms with Crippen molar-refractivity contribution in [3.8, 4) is 0 Å². The van der Waals surface area contributed by atoms with Gasteiger partial charge < -0.3 is 10.6 Å². The zero-order valence-electron chi connectivity index (χ0n) is 12.5. The minimum atomic E-state index is -0.0986. The van der Waals surface area contributed by atoms with Crippen LogP contribution in [0.2, 0.25) is 0 Å². The topological polar surface area (TPSA) is 66.9 Å². The van der Waals surface area contributed by atoms with E-state index in [1.165, 1.54) is 0 Å². The van der Waals surface area contributed by atoms with E-state index >= 15 is 0 Å². The average molecular weight is 363 g/mol. The van der Waals surface area contributed by atoms with Gasteiger partial charge in [0, 0.05) is 29.9 Å². The lowest BCUT2D eigenvalue weighted by Crippen LogP contribution is -2.41. The minimum absolute atomic E-state index is 0.0986. The molecule has 0 aliphatic heterocycles. The third kappa shape index (κ3) is 3.28. The summed E-state index contributed by atoms with van der Waals surface area (Å²) in [7, 11) is 2.00. The molecule has 22 heavy (non-hydrogen) atoms. The van der Waals surface area contributed by atoms with Crippen molar-refractivity contribution in [2.45, 2.75) is 37.8 Å². The molecule has 6 heteroatoms. The Morgan fingerprint density at radius 3 is 2.64 bits per heavy atom. The summed E-state index contributed by atoms with van der Waals surface area (Å²) in [5.74, 6) is -0.0986. The first-order valence-corrected chi connectivity index (χ1v) is 8.35. The molecule has 1 aliphatic rings. The first-order chi connectivity index (χ1) is 10.7. The number of hydrogen-bond donors (Lipinski definition) is 2. The largest absolute Gasteiger partial charge is 0.348 e. The molecule has 1 aliphatic carbocycles. The lowest BCUT2D eigenvalue weighted by Gasteiger charge is -2.28. The van der Waals surface area contributed by atoms with Crippen LogP contribution in [0.3, 0.4) is 0 Å². The van der Waals surface area contributed by atoms with Gasteiger partial charge in [0.25, 0.3) is 5.91 Å². The van der Waals surface area contributed by atoms with Crippen LogP contribution in [0.5, 0.6) is 0 Å². The lowest BCUT2D eigenvalue weighted by atomic mass is 9.91. The van der Waals surface area contributed by atoms with E-state index in [1.807, 2.05) is 13.1 Å². The van der Waals surface area contributed by atoms with E-state index in [2.05, 4.69) is 36.5 Å². The first kappa shape index (κ1) is 15.4. The molecule has 2 aromatic rings. The van der Waals surface area contributed by atoms with Crippen molar-refractivity contribution in [3.05, 3.63) is 34.7 Å². The minimum Gasteiger partial charge on any atom is -0.348 e. The third-order valence-corrected chi connectivity index (χ3v) is 4.84. The number of amides is 1. The van der Waals surface area contributed by atoms with Gasteiger partial charge in [-0.1, -0.05) is 0 Å². The van der Waals surface area contributed by atoms with Gasteiger partial charge in [0.2, 0.25) is 0 Å². The zero-order valence-corrected chi connectivity index (χ0v) is 14.1. The molecule has 0 aromatic carbocycles. The maximum absolute atomic E-state index is 12.4. The van der Waals surface area contributed by atoms with E-state index in [1.54, 1.807) is 18.5 Å². The molecular formula is C16H19BrN4O. The van der Waals surface area contributed by atoms with E-state index in [-0.39, 0.29) is 11.9 Å². The monoisotopic (exact) mass is 362 g/mol. The fraction of sp³-hybridized carbons (Fsp3) is 0.438. The SMILES string of the molecule is CNC1CCC(NC(=O)c2ccc3cncc(Br)c3n2)CC1. The molecule has 2 heterocycles. The molecule has 1 amide bonds. The Morgan fingerprint density at radius 2 is 1.91 bits per heavy atom. The normalized spacial score (nSPS) is 21.7. The third-order valence-electron chi connectivity index (χ3n) is 4.26. The zero-order chi connectivity index (χ0) is 15.5. The molecule has 1 saturated carbocycles. The quantitative estimate of drug-likeness (QED) is 0.880. The summed E-state index contributed by atoms with van der Waals surface area (Å²) < 4.78 is 0.800. The van der Waals surface area contributed by atoms with Crippen LogP contribution in [-0.2, 0) is 0 Å². The molecule has 3 rings (SSSR count). The number of nitrogens with zero attached hydrogens (tertiary/aromatic N) is 2. The van der Waals surface area contributed by atoms with E-state index in [9.17, 15) is 4.79 Å². The molecule has 2 aromatic heterocycles. The van der Waals surface area contributed by atoms with Gasteiger partial charge in [-0.2, -0.15) is 0 Å². The summed E-state index contributed by atoms with van der Waals surface area (Å²) >= 11 is 3.43. The molecule has 0 saturated heterocycles. The number of pyridine rings is 2. The van der Waals surface area contributed by atoms with E-state index in [0.717, 1.165) is 41.1 Å². The molecule has 0 unspecified atom stereocenters. The highest BCUT2D eigenvalue weighted by atomic mass is 79.9. The summed E-state index contributed by atoms with van der Waals surface area (Å²) in [6.07, 6.45) is 7.66. The highest BCUT2D eigenvalue weighted by Gasteiger charge is 2.22. The van der Waals surface area contributed by atoms with Crippen LogP contribution in [0.25, 0.3) is 10.9 Å². The van der Waals surface area contributed by atoms with Gasteiger partial charge in [0.1, 0.15) is 5.69 Å². The maximum Gasteiger partial charge on any atom is 0.270 e. The van der Waals surface area contributed by atoms with Crippen molar-refractivity contribution in [2.75, 3.05) is 7.05 Å². The summed E-state index contributed by atoms with van der Waals surface area (Å²) in [4.78, 5) is 21.0. The molecule has 0 spiro atoms. The highest BCUT2D eigenvalue weighted by molar-refractivity contribution is 9.10. The molecule has 0 bridgehead atoms. The Bertz CT molecular complexity index is 683. The van der Waals surface area contributed by atoms with Crippen molar-refractivity contribution >= 4 is 32.7 Å². The van der Waals surface area contributed by atoms with Crippen molar-refractivity contribution in [1.82, 2.24) is 20.6 Å². The second kappa shape index (κ2) is 6.71. The van der Waals surface area contributed by atoms with Crippen molar-refractivity contribution < 1.29 is 4.79 Å². The summed E-state index contributed by atoms with van der Waals surface area (Å²) in [5, 5.41) is 7.32. The molecule has 1 fully saturated rings. The number of hydrogen-bond acceptors (Lipinski definition) is 4. The summed E-state index contributed by atoms with van der Waals surface area (Å²) in [6.45, 7) is 0. The number of carbonyl (C=O) groups is 1. The smallest absolute Gasteiger partial charge is 0.270 e. The van der Waals surface area contributed by atoms with Gasteiger partial charge in [0.05, 0.1) is 9.99 Å². The van der Waals surface area contributed by atoms with Gasteiger partial charge in [-0.05, 0) is 60.8 Å². The van der Waals surface area contributed by atoms with Crippen LogP contribution in [0, 0.1) is 0 Å². The van der Waals surface area contributed by atoms with Crippen LogP contribution in [0.1, 0.15) is 36.2 Å². The summed E-state index contributed by atoms with van der Waals surface area (Å²) in [5.41, 5.74) is 1.22. The van der Waals surface area contributed by atoms with Gasteiger partial charge in [0.15, 0.2) is 0 Å². The van der Waals surface area contributed by atoms with Crippen LogP contribution < -0.4 is 10.6 Å². The number of aromatic nitrogens is 2. The molecule has 2 N–H and O–H groups in total. The fourth-order valence-electron chi connectivity index (χ4n) is 2.92. The van der Waals surface area contributed by atoms with Gasteiger partial charge in [-0.25, -0.2) is 4.98 Å². The van der Waals surface area contributed by atoms with Crippen LogP contribution in [-0.4, -0.2) is 35.0 Å². The van der Waals surface area contributed by atoms with Crippen LogP contribution in [0.4, 0.5) is 0 Å². The van der Waals surface area contributed by atoms with Gasteiger partial charge in [-0.3, -0.25) is 9.78 Å². The predicted octanol–water partition coefficient (Wildman–Crippen LogP) is 2.65. The van der Waals surface area contributed by atoms with Gasteiger partial charge >= 0.3 is 0 Å². The molecular weight excluding hydrogens is 344 g/mol. The van der Waals surface area contributed by atoms with E-state index in [4.69, 9.17) is 0 Å². The van der Waals surface area contributed by atoms with E-state index < -0.39 is 0 Å². The average Bonchev–Trinajstić information content (AvgIpc) is 2.55. The highest BCUT2D eigenvalue weighted by Crippen LogP contribution is 2.21. The second-order valence-corrected chi connectivity index (χ2v) is 6.55. The first-order valence-electron chi connectivity index (χ1n) is 7.56. The van der Waals surface area contributed by atoms with Crippen molar-refractivity contribution in [3.63, 3.8) is 0 Å². The number of rotatable bonds is 3. The number of carbonyl (C=O) groups excluding carboxylic acids is 1. The van der Waals surface area contributed by atoms with Crippen LogP contribution >= 0.6 is 15.9 Å². The molecule has 0 radical (unpaired) electrons. The molecule has 116 valence electrons. The Hall–Kier alpha value is -1.53. The number of fused-ring (bicyclic) bond motifs is 1. The predicted molar refractivity (Wildman–Crippen MR) is 89.8 cm³/mol.